The molecule has 0 saturated carbocycles. The molecule has 1 atom stereocenters. The van der Waals surface area contributed by atoms with Crippen molar-refractivity contribution in [2.75, 3.05) is 24.5 Å². The van der Waals surface area contributed by atoms with Gasteiger partial charge in [0, 0.05) is 35.6 Å². The van der Waals surface area contributed by atoms with Crippen LogP contribution in [-0.4, -0.2) is 64.1 Å². The maximum atomic E-state index is 13.7. The molecule has 234 valence electrons. The number of carbonyl (C=O) groups excluding carboxylic acids is 2. The molecule has 3 heterocycles. The molecule has 2 aliphatic heterocycles. The molecule has 1 saturated heterocycles. The third-order valence-electron chi connectivity index (χ3n) is 8.59. The minimum absolute atomic E-state index is 0.0574. The third-order valence-corrected chi connectivity index (χ3v) is 8.59. The van der Waals surface area contributed by atoms with Gasteiger partial charge in [0.2, 0.25) is 6.17 Å². The summed E-state index contributed by atoms with van der Waals surface area (Å²) in [7, 11) is 0. The van der Waals surface area contributed by atoms with E-state index in [2.05, 4.69) is 15.3 Å². The quantitative estimate of drug-likeness (QED) is 0.272. The van der Waals surface area contributed by atoms with Crippen LogP contribution >= 0.6 is 0 Å². The number of carbonyl (C=O) groups is 2. The first-order chi connectivity index (χ1) is 22.2. The Hall–Kier alpha value is -5.39. The Morgan fingerprint density at radius 2 is 1.59 bits per heavy atom. The summed E-state index contributed by atoms with van der Waals surface area (Å²) in [5.41, 5.74) is 2.60. The van der Waals surface area contributed by atoms with E-state index < -0.39 is 30.8 Å². The lowest BCUT2D eigenvalue weighted by molar-refractivity contribution is -0.133. The van der Waals surface area contributed by atoms with E-state index in [-0.39, 0.29) is 30.5 Å². The molecule has 1 aromatic heterocycles. The molecule has 4 aromatic carbocycles. The van der Waals surface area contributed by atoms with Gasteiger partial charge >= 0.3 is 17.9 Å². The number of aliphatic imine (C=N–C) groups is 1. The number of H-pyrrole nitrogens is 1. The number of fused-ring (bicyclic) bond motifs is 4. The van der Waals surface area contributed by atoms with Gasteiger partial charge in [-0.3, -0.25) is 14.3 Å². The average Bonchev–Trinajstić information content (AvgIpc) is 3.36. The van der Waals surface area contributed by atoms with E-state index in [1.807, 2.05) is 36.4 Å². The molecule has 0 spiro atoms. The molecule has 3 amide bonds. The average molecular weight is 627 g/mol. The number of nitrogens with zero attached hydrogens (tertiary/aromatic N) is 4. The summed E-state index contributed by atoms with van der Waals surface area (Å²) in [5.74, 6) is -0.989. The summed E-state index contributed by atoms with van der Waals surface area (Å²) in [6.07, 6.45) is -5.35. The zero-order valence-electron chi connectivity index (χ0n) is 24.5. The van der Waals surface area contributed by atoms with Gasteiger partial charge < -0.3 is 15.2 Å². The summed E-state index contributed by atoms with van der Waals surface area (Å²) in [6.45, 7) is -0.995. The Labute approximate surface area is 260 Å². The molecule has 7 rings (SSSR count). The number of alkyl halides is 3. The number of piperidine rings is 1. The summed E-state index contributed by atoms with van der Waals surface area (Å²) < 4.78 is 43.0. The molecule has 2 aliphatic rings. The number of hydrogen-bond acceptors (Lipinski definition) is 4. The number of benzodiazepines with no additional fused rings is 1. The van der Waals surface area contributed by atoms with Crippen molar-refractivity contribution in [3.05, 3.63) is 113 Å². The van der Waals surface area contributed by atoms with Gasteiger partial charge in [-0.25, -0.2) is 14.6 Å². The number of amides is 3. The van der Waals surface area contributed by atoms with Crippen molar-refractivity contribution in [3.8, 4) is 0 Å². The van der Waals surface area contributed by atoms with Crippen LogP contribution in [-0.2, 0) is 4.79 Å². The Bertz CT molecular complexity index is 2040. The highest BCUT2D eigenvalue weighted by molar-refractivity contribution is 6.20. The Morgan fingerprint density at radius 3 is 2.35 bits per heavy atom. The second-order valence-electron chi connectivity index (χ2n) is 11.5. The smallest absolute Gasteiger partial charge is 0.325 e. The standard InChI is InChI=1S/C34H29F3N6O3/c35-34(36,37)20-42-26-13-7-6-12-25(26)28(22-9-2-1-3-10-22)38-30(31(42)44)40-32(45)41-18-16-23(17-19-41)43-27-15-14-21-8-4-5-11-24(21)29(27)39-33(43)46/h1-15,23,30H,16-20H2,(H,39,46)(H,40,45)/t30-/m0/s1. The molecule has 46 heavy (non-hydrogen) atoms. The summed E-state index contributed by atoms with van der Waals surface area (Å²) in [4.78, 5) is 50.0. The minimum atomic E-state index is -4.69. The number of urea groups is 1. The molecule has 0 unspecified atom stereocenters. The fraction of sp³-hybridized carbons (Fsp3) is 0.235. The van der Waals surface area contributed by atoms with Crippen molar-refractivity contribution < 1.29 is 22.8 Å². The highest BCUT2D eigenvalue weighted by atomic mass is 19.4. The van der Waals surface area contributed by atoms with Crippen LogP contribution in [0.25, 0.3) is 21.8 Å². The number of rotatable bonds is 4. The number of likely N-dealkylation sites (tertiary alicyclic amines) is 1. The summed E-state index contributed by atoms with van der Waals surface area (Å²) in [6, 6.07) is 26.0. The van der Waals surface area contributed by atoms with Crippen molar-refractivity contribution in [2.45, 2.75) is 31.2 Å². The topological polar surface area (TPSA) is 103 Å². The number of hydrogen-bond donors (Lipinski definition) is 2. The monoisotopic (exact) mass is 626 g/mol. The fourth-order valence-electron chi connectivity index (χ4n) is 6.46. The number of benzene rings is 4. The second kappa shape index (κ2) is 11.5. The van der Waals surface area contributed by atoms with Crippen LogP contribution in [0.1, 0.15) is 30.0 Å². The Balaban J connectivity index is 1.14. The van der Waals surface area contributed by atoms with Crippen molar-refractivity contribution in [2.24, 2.45) is 4.99 Å². The molecule has 0 bridgehead atoms. The SMILES string of the molecule is O=C(N[C@@H]1N=C(c2ccccc2)c2ccccc2N(CC(F)(F)F)C1=O)N1CCC(n2c(=O)[nH]c3c4ccccc4ccc32)CC1. The lowest BCUT2D eigenvalue weighted by atomic mass is 10.0. The van der Waals surface area contributed by atoms with Crippen LogP contribution in [0.15, 0.2) is 101 Å². The number of para-hydroxylation sites is 1. The van der Waals surface area contributed by atoms with E-state index >= 15 is 0 Å². The lowest BCUT2D eigenvalue weighted by Crippen LogP contribution is -2.54. The maximum Gasteiger partial charge on any atom is 0.406 e. The summed E-state index contributed by atoms with van der Waals surface area (Å²) >= 11 is 0. The number of imidazole rings is 1. The van der Waals surface area contributed by atoms with Gasteiger partial charge in [-0.1, -0.05) is 78.9 Å². The Morgan fingerprint density at radius 1 is 0.891 bits per heavy atom. The molecular formula is C34H29F3N6O3. The van der Waals surface area contributed by atoms with Crippen LogP contribution < -0.4 is 15.9 Å². The van der Waals surface area contributed by atoms with Crippen LogP contribution in [0.2, 0.25) is 0 Å². The first-order valence-corrected chi connectivity index (χ1v) is 15.0. The highest BCUT2D eigenvalue weighted by Crippen LogP contribution is 2.32. The first kappa shape index (κ1) is 29.3. The number of nitrogens with one attached hydrogen (secondary N) is 2. The van der Waals surface area contributed by atoms with E-state index in [0.717, 1.165) is 21.8 Å². The van der Waals surface area contributed by atoms with Crippen molar-refractivity contribution in [1.82, 2.24) is 19.8 Å². The fourth-order valence-corrected chi connectivity index (χ4v) is 6.46. The van der Waals surface area contributed by atoms with Gasteiger partial charge in [0.25, 0.3) is 5.91 Å². The maximum absolute atomic E-state index is 13.7. The molecule has 12 heteroatoms. The predicted octanol–water partition coefficient (Wildman–Crippen LogP) is 5.60. The van der Waals surface area contributed by atoms with Gasteiger partial charge in [0.15, 0.2) is 0 Å². The number of anilines is 1. The lowest BCUT2D eigenvalue weighted by Gasteiger charge is -2.33. The van der Waals surface area contributed by atoms with Gasteiger partial charge in [-0.05, 0) is 30.4 Å². The largest absolute Gasteiger partial charge is 0.406 e. The molecule has 2 N–H and O–H groups in total. The van der Waals surface area contributed by atoms with E-state index in [9.17, 15) is 27.6 Å². The van der Waals surface area contributed by atoms with Gasteiger partial charge in [-0.15, -0.1) is 0 Å². The van der Waals surface area contributed by atoms with Crippen molar-refractivity contribution in [3.63, 3.8) is 0 Å². The van der Waals surface area contributed by atoms with E-state index in [4.69, 9.17) is 0 Å². The second-order valence-corrected chi connectivity index (χ2v) is 11.5. The molecule has 0 aliphatic carbocycles. The van der Waals surface area contributed by atoms with E-state index in [1.165, 1.54) is 11.0 Å². The minimum Gasteiger partial charge on any atom is -0.325 e. The van der Waals surface area contributed by atoms with E-state index in [0.29, 0.717) is 34.6 Å². The third kappa shape index (κ3) is 5.40. The number of aromatic nitrogens is 2. The number of halogens is 3. The van der Waals surface area contributed by atoms with Crippen molar-refractivity contribution >= 4 is 45.1 Å². The Kier molecular flexibility index (Phi) is 7.34. The zero-order valence-corrected chi connectivity index (χ0v) is 24.5. The zero-order chi connectivity index (χ0) is 32.0. The molecular weight excluding hydrogens is 597 g/mol. The normalized spacial score (nSPS) is 17.6. The molecule has 9 nitrogen and oxygen atoms in total. The predicted molar refractivity (Wildman–Crippen MR) is 169 cm³/mol. The van der Waals surface area contributed by atoms with E-state index in [1.54, 1.807) is 53.1 Å². The van der Waals surface area contributed by atoms with Crippen LogP contribution in [0.3, 0.4) is 0 Å². The number of aromatic amines is 1. The van der Waals surface area contributed by atoms with Crippen LogP contribution in [0.5, 0.6) is 0 Å². The summed E-state index contributed by atoms with van der Waals surface area (Å²) in [5, 5.41) is 4.56. The van der Waals surface area contributed by atoms with Gasteiger partial charge in [0.1, 0.15) is 6.54 Å². The van der Waals surface area contributed by atoms with Crippen LogP contribution in [0.4, 0.5) is 23.7 Å². The molecule has 5 aromatic rings. The van der Waals surface area contributed by atoms with Gasteiger partial charge in [-0.2, -0.15) is 13.2 Å². The van der Waals surface area contributed by atoms with Gasteiger partial charge in [0.05, 0.1) is 22.4 Å². The van der Waals surface area contributed by atoms with Crippen molar-refractivity contribution in [1.29, 1.82) is 0 Å². The van der Waals surface area contributed by atoms with Crippen LogP contribution in [0, 0.1) is 0 Å². The highest BCUT2D eigenvalue weighted by Gasteiger charge is 2.40. The molecule has 1 fully saturated rings. The first-order valence-electron chi connectivity index (χ1n) is 15.0. The molecule has 0 radical (unpaired) electrons.